The molecule has 0 N–H and O–H groups in total. The molecular formula is C18H17NO3. The first kappa shape index (κ1) is 14.2. The van der Waals surface area contributed by atoms with E-state index in [1.165, 1.54) is 0 Å². The van der Waals surface area contributed by atoms with Crippen molar-refractivity contribution in [3.8, 4) is 22.6 Å². The number of hydrogen-bond donors (Lipinski definition) is 0. The van der Waals surface area contributed by atoms with Crippen molar-refractivity contribution in [1.82, 2.24) is 4.57 Å². The molecule has 0 spiro atoms. The van der Waals surface area contributed by atoms with E-state index in [0.717, 1.165) is 16.8 Å². The summed E-state index contributed by atoms with van der Waals surface area (Å²) in [6.07, 6.45) is 3.53. The molecular weight excluding hydrogens is 278 g/mol. The molecule has 112 valence electrons. The number of aromatic nitrogens is 1. The molecule has 0 aliphatic heterocycles. The zero-order chi connectivity index (χ0) is 15.5. The van der Waals surface area contributed by atoms with Gasteiger partial charge in [0.2, 0.25) is 0 Å². The van der Waals surface area contributed by atoms with E-state index in [1.54, 1.807) is 19.3 Å². The summed E-state index contributed by atoms with van der Waals surface area (Å²) in [5, 5.41) is 0. The molecule has 1 aromatic carbocycles. The third-order valence-corrected chi connectivity index (χ3v) is 3.50. The summed E-state index contributed by atoms with van der Waals surface area (Å²) in [6, 6.07) is 13.4. The molecule has 2 aromatic heterocycles. The first-order chi connectivity index (χ1) is 10.7. The van der Waals surface area contributed by atoms with Crippen LogP contribution in [0.5, 0.6) is 0 Å². The summed E-state index contributed by atoms with van der Waals surface area (Å²) in [4.78, 5) is 12.5. The number of aryl methyl sites for hydroxylation is 1. The molecule has 0 saturated heterocycles. The second-order valence-electron chi connectivity index (χ2n) is 4.94. The number of benzene rings is 1. The summed E-state index contributed by atoms with van der Waals surface area (Å²) in [5.41, 5.74) is 3.07. The number of esters is 1. The van der Waals surface area contributed by atoms with E-state index in [4.69, 9.17) is 9.15 Å². The molecule has 4 nitrogen and oxygen atoms in total. The largest absolute Gasteiger partial charge is 0.463 e. The molecule has 3 aromatic rings. The predicted octanol–water partition coefficient (Wildman–Crippen LogP) is 4.13. The zero-order valence-corrected chi connectivity index (χ0v) is 12.6. The molecule has 4 heteroatoms. The van der Waals surface area contributed by atoms with Crippen molar-refractivity contribution >= 4 is 5.97 Å². The molecule has 0 fully saturated rings. The number of ether oxygens (including phenoxy) is 1. The van der Waals surface area contributed by atoms with Gasteiger partial charge in [-0.05, 0) is 24.6 Å². The van der Waals surface area contributed by atoms with Crippen LogP contribution in [0.15, 0.2) is 59.3 Å². The Hall–Kier alpha value is -2.75. The van der Waals surface area contributed by atoms with E-state index >= 15 is 0 Å². The van der Waals surface area contributed by atoms with Gasteiger partial charge in [-0.15, -0.1) is 0 Å². The van der Waals surface area contributed by atoms with Crippen LogP contribution in [0.25, 0.3) is 22.6 Å². The molecule has 0 bridgehead atoms. The monoisotopic (exact) mass is 295 g/mol. The lowest BCUT2D eigenvalue weighted by molar-refractivity contribution is 0.0528. The highest BCUT2D eigenvalue weighted by atomic mass is 16.5. The van der Waals surface area contributed by atoms with Crippen LogP contribution in [-0.2, 0) is 11.8 Å². The van der Waals surface area contributed by atoms with Crippen LogP contribution in [0.1, 0.15) is 17.3 Å². The van der Waals surface area contributed by atoms with Crippen molar-refractivity contribution in [2.24, 2.45) is 7.05 Å². The number of rotatable bonds is 4. The van der Waals surface area contributed by atoms with E-state index in [0.29, 0.717) is 17.9 Å². The van der Waals surface area contributed by atoms with Gasteiger partial charge >= 0.3 is 5.97 Å². The van der Waals surface area contributed by atoms with Crippen LogP contribution in [0.2, 0.25) is 0 Å². The normalized spacial score (nSPS) is 10.6. The highest BCUT2D eigenvalue weighted by molar-refractivity contribution is 6.03. The number of hydrogen-bond acceptors (Lipinski definition) is 3. The molecule has 2 heterocycles. The topological polar surface area (TPSA) is 44.4 Å². The number of furan rings is 1. The Morgan fingerprint density at radius 2 is 1.95 bits per heavy atom. The Kier molecular flexibility index (Phi) is 3.83. The van der Waals surface area contributed by atoms with Crippen molar-refractivity contribution in [2.45, 2.75) is 6.92 Å². The fourth-order valence-corrected chi connectivity index (χ4v) is 2.58. The molecule has 0 atom stereocenters. The maximum atomic E-state index is 12.5. The van der Waals surface area contributed by atoms with Crippen LogP contribution >= 0.6 is 0 Å². The lowest BCUT2D eigenvalue weighted by Gasteiger charge is -2.07. The van der Waals surface area contributed by atoms with Crippen LogP contribution in [0.3, 0.4) is 0 Å². The van der Waals surface area contributed by atoms with Gasteiger partial charge in [-0.1, -0.05) is 30.3 Å². The smallest absolute Gasteiger partial charge is 0.341 e. The maximum absolute atomic E-state index is 12.5. The van der Waals surface area contributed by atoms with Crippen molar-refractivity contribution in [1.29, 1.82) is 0 Å². The summed E-state index contributed by atoms with van der Waals surface area (Å²) in [6.45, 7) is 2.13. The number of nitrogens with zero attached hydrogens (tertiary/aromatic N) is 1. The summed E-state index contributed by atoms with van der Waals surface area (Å²) in [7, 11) is 1.90. The van der Waals surface area contributed by atoms with E-state index in [2.05, 4.69) is 0 Å². The quantitative estimate of drug-likeness (QED) is 0.680. The fraction of sp³-hybridized carbons (Fsp3) is 0.167. The van der Waals surface area contributed by atoms with E-state index < -0.39 is 0 Å². The SMILES string of the molecule is CCOC(=O)c1c(-c2ccccc2)cn(C)c1-c1ccco1. The molecule has 0 unspecified atom stereocenters. The molecule has 3 rings (SSSR count). The highest BCUT2D eigenvalue weighted by Gasteiger charge is 2.25. The van der Waals surface area contributed by atoms with Gasteiger partial charge in [0.1, 0.15) is 0 Å². The fourth-order valence-electron chi connectivity index (χ4n) is 2.58. The summed E-state index contributed by atoms with van der Waals surface area (Å²) >= 11 is 0. The molecule has 0 aliphatic carbocycles. The van der Waals surface area contributed by atoms with Crippen LogP contribution in [0.4, 0.5) is 0 Å². The standard InChI is InChI=1S/C18H17NO3/c1-3-21-18(20)16-14(13-8-5-4-6-9-13)12-19(2)17(16)15-10-7-11-22-15/h4-12H,3H2,1-2H3. The van der Waals surface area contributed by atoms with Crippen molar-refractivity contribution in [3.05, 3.63) is 60.5 Å². The van der Waals surface area contributed by atoms with Gasteiger partial charge in [0, 0.05) is 18.8 Å². The maximum Gasteiger partial charge on any atom is 0.341 e. The van der Waals surface area contributed by atoms with E-state index in [9.17, 15) is 4.79 Å². The minimum atomic E-state index is -0.339. The third kappa shape index (κ3) is 2.44. The van der Waals surface area contributed by atoms with Crippen LogP contribution in [-0.4, -0.2) is 17.1 Å². The van der Waals surface area contributed by atoms with Crippen LogP contribution in [0, 0.1) is 0 Å². The average Bonchev–Trinajstić information content (AvgIpc) is 3.15. The highest BCUT2D eigenvalue weighted by Crippen LogP contribution is 2.34. The van der Waals surface area contributed by atoms with Crippen molar-refractivity contribution in [3.63, 3.8) is 0 Å². The lowest BCUT2D eigenvalue weighted by Crippen LogP contribution is -2.07. The molecule has 22 heavy (non-hydrogen) atoms. The number of carbonyl (C=O) groups excluding carboxylic acids is 1. The van der Waals surface area contributed by atoms with Crippen molar-refractivity contribution < 1.29 is 13.9 Å². The lowest BCUT2D eigenvalue weighted by atomic mass is 10.0. The van der Waals surface area contributed by atoms with E-state index in [-0.39, 0.29) is 5.97 Å². The summed E-state index contributed by atoms with van der Waals surface area (Å²) < 4.78 is 12.6. The van der Waals surface area contributed by atoms with Crippen molar-refractivity contribution in [2.75, 3.05) is 6.61 Å². The number of carbonyl (C=O) groups is 1. The first-order valence-corrected chi connectivity index (χ1v) is 7.18. The van der Waals surface area contributed by atoms with Gasteiger partial charge in [-0.2, -0.15) is 0 Å². The Labute approximate surface area is 128 Å². The second-order valence-corrected chi connectivity index (χ2v) is 4.94. The van der Waals surface area contributed by atoms with Gasteiger partial charge < -0.3 is 13.7 Å². The van der Waals surface area contributed by atoms with Gasteiger partial charge in [0.25, 0.3) is 0 Å². The molecule has 0 radical (unpaired) electrons. The van der Waals surface area contributed by atoms with Gasteiger partial charge in [0.05, 0.1) is 24.1 Å². The predicted molar refractivity (Wildman–Crippen MR) is 84.5 cm³/mol. The first-order valence-electron chi connectivity index (χ1n) is 7.18. The van der Waals surface area contributed by atoms with Gasteiger partial charge in [0.15, 0.2) is 5.76 Å². The Morgan fingerprint density at radius 1 is 1.18 bits per heavy atom. The van der Waals surface area contributed by atoms with E-state index in [1.807, 2.05) is 54.2 Å². The van der Waals surface area contributed by atoms with Gasteiger partial charge in [-0.3, -0.25) is 0 Å². The van der Waals surface area contributed by atoms with Gasteiger partial charge in [-0.25, -0.2) is 4.79 Å². The Balaban J connectivity index is 2.23. The minimum Gasteiger partial charge on any atom is -0.463 e. The molecule has 0 saturated carbocycles. The molecule has 0 amide bonds. The second kappa shape index (κ2) is 5.93. The Bertz CT molecular complexity index is 770. The minimum absolute atomic E-state index is 0.333. The zero-order valence-electron chi connectivity index (χ0n) is 12.6. The summed E-state index contributed by atoms with van der Waals surface area (Å²) in [5.74, 6) is 0.307. The molecule has 0 aliphatic rings. The Morgan fingerprint density at radius 3 is 2.59 bits per heavy atom. The van der Waals surface area contributed by atoms with Crippen LogP contribution < -0.4 is 0 Å². The average molecular weight is 295 g/mol. The third-order valence-electron chi connectivity index (χ3n) is 3.50.